The smallest absolute Gasteiger partial charge is 0.266 e. The Bertz CT molecular complexity index is 1240. The van der Waals surface area contributed by atoms with E-state index in [0.29, 0.717) is 48.2 Å². The van der Waals surface area contributed by atoms with Crippen molar-refractivity contribution in [2.45, 2.75) is 51.8 Å². The van der Waals surface area contributed by atoms with Crippen molar-refractivity contribution in [3.8, 4) is 17.1 Å². The average molecular weight is 473 g/mol. The molecule has 1 aromatic carbocycles. The van der Waals surface area contributed by atoms with Gasteiger partial charge in [0, 0.05) is 31.5 Å². The minimum absolute atomic E-state index is 0.0372. The summed E-state index contributed by atoms with van der Waals surface area (Å²) in [6.07, 6.45) is -1.26. The third-order valence-electron chi connectivity index (χ3n) is 6.20. The molecule has 0 radical (unpaired) electrons. The Balaban J connectivity index is 1.62. The van der Waals surface area contributed by atoms with Gasteiger partial charge in [0.15, 0.2) is 17.1 Å². The minimum Gasteiger partial charge on any atom is -0.486 e. The van der Waals surface area contributed by atoms with Crippen molar-refractivity contribution in [1.29, 1.82) is 0 Å². The molecule has 1 fully saturated rings. The molecule has 1 saturated heterocycles. The topological polar surface area (TPSA) is 73.6 Å². The van der Waals surface area contributed by atoms with E-state index in [1.54, 1.807) is 13.8 Å². The molecule has 10 heteroatoms. The van der Waals surface area contributed by atoms with Crippen LogP contribution in [0.4, 0.5) is 19.0 Å². The van der Waals surface area contributed by atoms with E-state index < -0.39 is 23.8 Å². The van der Waals surface area contributed by atoms with Crippen molar-refractivity contribution in [1.82, 2.24) is 14.5 Å². The Morgan fingerprint density at radius 2 is 1.97 bits per heavy atom. The van der Waals surface area contributed by atoms with Crippen LogP contribution in [0.3, 0.4) is 0 Å². The number of anilines is 1. The highest BCUT2D eigenvalue weighted by atomic mass is 19.3. The number of nitrogens with one attached hydrogen (secondary N) is 1. The van der Waals surface area contributed by atoms with Gasteiger partial charge in [0.25, 0.3) is 6.43 Å². The average Bonchev–Trinajstić information content (AvgIpc) is 3.31. The number of hydrogen-bond acceptors (Lipinski definition) is 6. The van der Waals surface area contributed by atoms with Gasteiger partial charge in [-0.15, -0.1) is 0 Å². The first-order valence-electron chi connectivity index (χ1n) is 11.4. The molecule has 1 aromatic rings. The number of nitrogens with zero attached hydrogens (tertiary/aromatic N) is 4. The Kier molecular flexibility index (Phi) is 6.16. The zero-order valence-corrected chi connectivity index (χ0v) is 19.0. The summed E-state index contributed by atoms with van der Waals surface area (Å²) >= 11 is 0. The van der Waals surface area contributed by atoms with Crippen LogP contribution in [-0.4, -0.2) is 40.4 Å². The summed E-state index contributed by atoms with van der Waals surface area (Å²) < 4.78 is 55.0. The number of rotatable bonds is 5. The lowest BCUT2D eigenvalue weighted by Crippen LogP contribution is -2.27. The standard InChI is InChI=1S/C24H26F3N5O2/c1-13(16-4-3-5-17(20(16)25)21(26)27)29-22-18-12-19(34-15-6-10-33-11-7-15)24-28-8-9-32(24)23(18)31-14(2)30-22/h3-5,12-13,15,21,28H,6-11H2,1-2H3/t13-/m1/s1. The van der Waals surface area contributed by atoms with Gasteiger partial charge in [-0.05, 0) is 19.9 Å². The molecule has 34 heavy (non-hydrogen) atoms. The number of halogens is 3. The molecule has 0 saturated carbocycles. The number of benzene rings is 1. The molecule has 0 aromatic heterocycles. The van der Waals surface area contributed by atoms with Crippen molar-refractivity contribution < 1.29 is 22.6 Å². The number of aryl methyl sites for hydroxylation is 1. The highest BCUT2D eigenvalue weighted by molar-refractivity contribution is 5.68. The van der Waals surface area contributed by atoms with Gasteiger partial charge in [-0.2, -0.15) is 0 Å². The van der Waals surface area contributed by atoms with E-state index in [4.69, 9.17) is 9.47 Å². The molecular weight excluding hydrogens is 447 g/mol. The Morgan fingerprint density at radius 1 is 1.21 bits per heavy atom. The molecule has 4 heterocycles. The number of aromatic nitrogens is 3. The van der Waals surface area contributed by atoms with Gasteiger partial charge in [-0.1, -0.05) is 18.2 Å². The van der Waals surface area contributed by atoms with Crippen molar-refractivity contribution in [3.63, 3.8) is 0 Å². The predicted molar refractivity (Wildman–Crippen MR) is 120 cm³/mol. The van der Waals surface area contributed by atoms with Gasteiger partial charge < -0.3 is 19.4 Å². The van der Waals surface area contributed by atoms with Crippen LogP contribution in [0.25, 0.3) is 11.4 Å². The van der Waals surface area contributed by atoms with Gasteiger partial charge in [-0.25, -0.2) is 23.1 Å². The molecular formula is C24H26F3N5O2. The molecule has 0 amide bonds. The van der Waals surface area contributed by atoms with Crippen LogP contribution < -0.4 is 15.5 Å². The molecule has 1 atom stereocenters. The van der Waals surface area contributed by atoms with Gasteiger partial charge in [-0.3, -0.25) is 4.99 Å². The van der Waals surface area contributed by atoms with Crippen LogP contribution in [0.2, 0.25) is 0 Å². The molecule has 0 unspecified atom stereocenters. The maximum Gasteiger partial charge on any atom is 0.266 e. The van der Waals surface area contributed by atoms with Gasteiger partial charge in [0.2, 0.25) is 0 Å². The molecule has 0 spiro atoms. The Labute approximate surface area is 195 Å². The molecule has 4 aliphatic heterocycles. The van der Waals surface area contributed by atoms with E-state index >= 15 is 0 Å². The highest BCUT2D eigenvalue weighted by Gasteiger charge is 2.27. The van der Waals surface area contributed by atoms with E-state index in [2.05, 4.69) is 20.3 Å². The van der Waals surface area contributed by atoms with E-state index in [0.717, 1.165) is 31.3 Å². The Hall–Kier alpha value is -3.14. The number of ether oxygens (including phenoxy) is 2. The lowest BCUT2D eigenvalue weighted by Gasteiger charge is -2.25. The van der Waals surface area contributed by atoms with Crippen LogP contribution in [-0.2, 0) is 11.3 Å². The number of alkyl halides is 2. The van der Waals surface area contributed by atoms with Crippen LogP contribution in [0.15, 0.2) is 29.3 Å². The van der Waals surface area contributed by atoms with E-state index in [-0.39, 0.29) is 11.7 Å². The van der Waals surface area contributed by atoms with E-state index in [1.807, 2.05) is 10.6 Å². The second-order valence-corrected chi connectivity index (χ2v) is 8.55. The molecule has 7 nitrogen and oxygen atoms in total. The van der Waals surface area contributed by atoms with Crippen LogP contribution in [0.5, 0.6) is 5.75 Å². The van der Waals surface area contributed by atoms with Gasteiger partial charge in [0.05, 0.1) is 30.4 Å². The largest absolute Gasteiger partial charge is 0.486 e. The lowest BCUT2D eigenvalue weighted by atomic mass is 10.0. The fraction of sp³-hybridized carbons (Fsp3) is 0.458. The SMILES string of the molecule is Cc1nc2n3c(c(OC4CCOCC4)cc-2c(=N[C@H](C)c2cccc(C(F)F)c2F)n1)NCC3. The molecule has 5 rings (SSSR count). The zero-order chi connectivity index (χ0) is 23.8. The van der Waals surface area contributed by atoms with Crippen LogP contribution >= 0.6 is 0 Å². The monoisotopic (exact) mass is 473 g/mol. The predicted octanol–water partition coefficient (Wildman–Crippen LogP) is 4.41. The van der Waals surface area contributed by atoms with Crippen LogP contribution in [0.1, 0.15) is 49.2 Å². The summed E-state index contributed by atoms with van der Waals surface area (Å²) in [6, 6.07) is 5.12. The number of fused-ring (bicyclic) bond motifs is 3. The first kappa shape index (κ1) is 22.6. The maximum atomic E-state index is 14.8. The summed E-state index contributed by atoms with van der Waals surface area (Å²) in [5.41, 5.74) is 0.500. The fourth-order valence-corrected chi connectivity index (χ4v) is 4.49. The molecule has 0 aliphatic carbocycles. The third kappa shape index (κ3) is 4.22. The second-order valence-electron chi connectivity index (χ2n) is 8.55. The minimum atomic E-state index is -2.90. The summed E-state index contributed by atoms with van der Waals surface area (Å²) in [5.74, 6) is 1.80. The fourth-order valence-electron chi connectivity index (χ4n) is 4.49. The van der Waals surface area contributed by atoms with E-state index in [9.17, 15) is 13.2 Å². The second kappa shape index (κ2) is 9.25. The van der Waals surface area contributed by atoms with Gasteiger partial charge >= 0.3 is 0 Å². The van der Waals surface area contributed by atoms with Crippen molar-refractivity contribution >= 4 is 5.82 Å². The lowest BCUT2D eigenvalue weighted by molar-refractivity contribution is 0.0257. The van der Waals surface area contributed by atoms with Crippen molar-refractivity contribution in [3.05, 3.63) is 52.5 Å². The molecule has 0 bridgehead atoms. The molecule has 180 valence electrons. The quantitative estimate of drug-likeness (QED) is 0.594. The summed E-state index contributed by atoms with van der Waals surface area (Å²) in [4.78, 5) is 13.8. The summed E-state index contributed by atoms with van der Waals surface area (Å²) in [6.45, 7) is 6.19. The van der Waals surface area contributed by atoms with E-state index in [1.165, 1.54) is 12.1 Å². The zero-order valence-electron chi connectivity index (χ0n) is 19.0. The summed E-state index contributed by atoms with van der Waals surface area (Å²) in [7, 11) is 0. The normalized spacial score (nSPS) is 17.8. The first-order valence-corrected chi connectivity index (χ1v) is 11.4. The Morgan fingerprint density at radius 3 is 2.74 bits per heavy atom. The number of pyridine rings is 1. The first-order chi connectivity index (χ1) is 16.4. The number of hydrogen-bond donors (Lipinski definition) is 1. The van der Waals surface area contributed by atoms with Crippen molar-refractivity contribution in [2.75, 3.05) is 25.1 Å². The van der Waals surface area contributed by atoms with Crippen LogP contribution in [0, 0.1) is 12.7 Å². The molecule has 4 aliphatic rings. The third-order valence-corrected chi connectivity index (χ3v) is 6.20. The van der Waals surface area contributed by atoms with Crippen molar-refractivity contribution in [2.24, 2.45) is 4.99 Å². The van der Waals surface area contributed by atoms with Gasteiger partial charge in [0.1, 0.15) is 23.6 Å². The molecule has 1 N–H and O–H groups in total. The maximum absolute atomic E-state index is 14.8. The highest BCUT2D eigenvalue weighted by Crippen LogP contribution is 2.36. The summed E-state index contributed by atoms with van der Waals surface area (Å²) in [5, 5.41) is 3.38.